The van der Waals surface area contributed by atoms with Crippen molar-refractivity contribution in [3.8, 4) is 22.9 Å². The zero-order chi connectivity index (χ0) is 38.7. The Morgan fingerprint density at radius 1 is 0.873 bits per heavy atom. The van der Waals surface area contributed by atoms with Gasteiger partial charge in [0.2, 0.25) is 0 Å². The Morgan fingerprint density at radius 2 is 1.65 bits per heavy atom. The van der Waals surface area contributed by atoms with E-state index in [9.17, 15) is 8.42 Å². The number of fused-ring (bicyclic) bond motifs is 10. The highest BCUT2D eigenvalue weighted by molar-refractivity contribution is 9.10. The lowest BCUT2D eigenvalue weighted by Gasteiger charge is -2.27. The van der Waals surface area contributed by atoms with Gasteiger partial charge >= 0.3 is 0 Å². The molecule has 13 heteroatoms. The number of ether oxygens (including phenoxy) is 1. The molecule has 1 aliphatic heterocycles. The molecule has 0 spiro atoms. The van der Waals surface area contributed by atoms with Crippen LogP contribution >= 0.6 is 15.9 Å². The normalized spacial score (nSPS) is 17.8. The van der Waals surface area contributed by atoms with Crippen LogP contribution < -0.4 is 4.74 Å². The van der Waals surface area contributed by atoms with Crippen LogP contribution in [-0.4, -0.2) is 36.9 Å². The Hall–Kier alpha value is -5.40. The highest BCUT2D eigenvalue weighted by Gasteiger charge is 2.34. The van der Waals surface area contributed by atoms with Crippen molar-refractivity contribution in [1.82, 2.24) is 28.5 Å². The first-order chi connectivity index (χ1) is 26.2. The van der Waals surface area contributed by atoms with Gasteiger partial charge in [-0.2, -0.15) is 10.2 Å². The monoisotopic (exact) mass is 822 g/mol. The van der Waals surface area contributed by atoms with Crippen LogP contribution in [0.5, 0.6) is 11.5 Å². The third-order valence-electron chi connectivity index (χ3n) is 10.4. The van der Waals surface area contributed by atoms with E-state index in [1.54, 1.807) is 46.9 Å². The molecule has 3 aromatic heterocycles. The number of hydrogen-bond donors (Lipinski definition) is 0. The summed E-state index contributed by atoms with van der Waals surface area (Å²) in [6, 6.07) is 22.9. The van der Waals surface area contributed by atoms with E-state index in [4.69, 9.17) is 14.8 Å². The first kappa shape index (κ1) is 36.6. The van der Waals surface area contributed by atoms with Gasteiger partial charge < -0.3 is 4.74 Å². The van der Waals surface area contributed by atoms with Crippen molar-refractivity contribution >= 4 is 36.9 Å². The molecule has 7 aromatic rings. The molecule has 0 saturated heterocycles. The summed E-state index contributed by atoms with van der Waals surface area (Å²) in [6.07, 6.45) is 10.7. The minimum atomic E-state index is -4.07. The lowest BCUT2D eigenvalue weighted by molar-refractivity contribution is 0.434. The first-order valence-corrected chi connectivity index (χ1v) is 19.9. The van der Waals surface area contributed by atoms with Crippen molar-refractivity contribution < 1.29 is 21.9 Å². The highest BCUT2D eigenvalue weighted by atomic mass is 79.9. The number of aryl methyl sites for hydroxylation is 1. The first-order valence-electron chi connectivity index (χ1n) is 17.7. The summed E-state index contributed by atoms with van der Waals surface area (Å²) in [5, 5.41) is 9.94. The summed E-state index contributed by atoms with van der Waals surface area (Å²) >= 11 is 3.62. The van der Waals surface area contributed by atoms with Crippen molar-refractivity contribution in [2.75, 3.05) is 0 Å². The van der Waals surface area contributed by atoms with Gasteiger partial charge in [0, 0.05) is 40.9 Å². The van der Waals surface area contributed by atoms with Gasteiger partial charge in [-0.15, -0.1) is 0 Å². The van der Waals surface area contributed by atoms with Gasteiger partial charge in [0.25, 0.3) is 10.0 Å². The summed E-state index contributed by atoms with van der Waals surface area (Å²) < 4.78 is 71.4. The molecule has 0 radical (unpaired) electrons. The van der Waals surface area contributed by atoms with E-state index in [2.05, 4.69) is 54.0 Å². The van der Waals surface area contributed by atoms with Gasteiger partial charge in [0.15, 0.2) is 23.2 Å². The fraction of sp³-hybridized carbons (Fsp3) is 0.214. The molecule has 8 rings (SSSR count). The van der Waals surface area contributed by atoms with E-state index in [0.717, 1.165) is 25.6 Å². The van der Waals surface area contributed by atoms with Crippen molar-refractivity contribution in [3.05, 3.63) is 154 Å². The number of rotatable bonds is 3. The topological polar surface area (TPSA) is 96.8 Å². The van der Waals surface area contributed by atoms with Crippen LogP contribution in [0.3, 0.4) is 0 Å². The predicted molar refractivity (Wildman–Crippen MR) is 211 cm³/mol. The number of allylic oxidation sites excluding steroid dienone is 2. The number of nitrogens with zero attached hydrogens (tertiary/aromatic N) is 6. The third-order valence-corrected chi connectivity index (χ3v) is 12.6. The van der Waals surface area contributed by atoms with Crippen molar-refractivity contribution in [3.63, 3.8) is 0 Å². The van der Waals surface area contributed by atoms with E-state index in [-0.39, 0.29) is 45.3 Å². The van der Waals surface area contributed by atoms with E-state index in [0.29, 0.717) is 29.6 Å². The molecule has 0 saturated carbocycles. The van der Waals surface area contributed by atoms with Crippen LogP contribution in [-0.2, 0) is 34.4 Å². The molecule has 0 aliphatic carbocycles. The van der Waals surface area contributed by atoms with Gasteiger partial charge in [-0.05, 0) is 84.8 Å². The summed E-state index contributed by atoms with van der Waals surface area (Å²) in [7, 11) is -2.36. The zero-order valence-corrected chi connectivity index (χ0v) is 32.9. The fourth-order valence-corrected chi connectivity index (χ4v) is 8.87. The maximum atomic E-state index is 16.5. The molecule has 1 aliphatic rings. The van der Waals surface area contributed by atoms with E-state index < -0.39 is 27.1 Å². The van der Waals surface area contributed by atoms with E-state index in [1.807, 2.05) is 30.5 Å². The Bertz CT molecular complexity index is 2740. The molecule has 55 heavy (non-hydrogen) atoms. The molecule has 1 atom stereocenters. The molecular weight excluding hydrogens is 786 g/mol. The Labute approximate surface area is 326 Å². The lowest BCUT2D eigenvalue weighted by atomic mass is 9.78. The second-order valence-electron chi connectivity index (χ2n) is 14.7. The largest absolute Gasteiger partial charge is 0.454 e. The summed E-state index contributed by atoms with van der Waals surface area (Å²) in [4.78, 5) is 5.00. The molecule has 0 amide bonds. The molecule has 1 unspecified atom stereocenters. The average molecular weight is 824 g/mol. The van der Waals surface area contributed by atoms with Crippen LogP contribution in [0.4, 0.5) is 8.78 Å². The quantitative estimate of drug-likeness (QED) is 0.165. The van der Waals surface area contributed by atoms with Crippen LogP contribution in [0.25, 0.3) is 22.3 Å². The van der Waals surface area contributed by atoms with Gasteiger partial charge in [-0.25, -0.2) is 30.8 Å². The van der Waals surface area contributed by atoms with Crippen molar-refractivity contribution in [2.45, 2.75) is 55.9 Å². The van der Waals surface area contributed by atoms with Gasteiger partial charge in [0.05, 0.1) is 34.1 Å². The van der Waals surface area contributed by atoms with Crippen LogP contribution in [0, 0.1) is 11.6 Å². The highest BCUT2D eigenvalue weighted by Crippen LogP contribution is 2.40. The standard InChI is InChI=1S/C42H37BrF2N6O3S/c1-41(2)18-8-9-19-42(3,27-11-10-12-29(43)21-27)40-47-39(49(4)48-40)33-22-30(15-16-35(33)44)54-38-34(26-50-25-28(41)24-46-50)32-17-20-51(37(32)23-36(38)45)55(52,53)31-13-6-5-7-14-31/h5-17,20-25H,18-19,26H2,1-4H3/b9-8-. The molecule has 0 fully saturated rings. The van der Waals surface area contributed by atoms with Crippen molar-refractivity contribution in [1.29, 1.82) is 0 Å². The molecular formula is C42H37BrF2N6O3S. The van der Waals surface area contributed by atoms with Gasteiger partial charge in [0.1, 0.15) is 11.6 Å². The minimum absolute atomic E-state index is 0.0522. The van der Waals surface area contributed by atoms with Gasteiger partial charge in [-0.1, -0.05) is 72.3 Å². The molecule has 6 bridgehead atoms. The second kappa shape index (κ2) is 13.7. The minimum Gasteiger partial charge on any atom is -0.454 e. The Kier molecular flexibility index (Phi) is 9.12. The Balaban J connectivity index is 1.32. The SMILES string of the molecule is Cn1nc2nc1-c1cc(ccc1F)Oc1c(F)cc3c(ccn3S(=O)(=O)c3ccccc3)c1Cn1cc(cn1)C(C)(C)C/C=C\CC2(C)c1cccc(Br)c1. The summed E-state index contributed by atoms with van der Waals surface area (Å²) in [6.45, 7) is 6.39. The van der Waals surface area contributed by atoms with E-state index >= 15 is 8.78 Å². The number of halogens is 3. The second-order valence-corrected chi connectivity index (χ2v) is 17.4. The molecule has 4 aromatic carbocycles. The summed E-state index contributed by atoms with van der Waals surface area (Å²) in [5.41, 5.74) is 1.54. The van der Waals surface area contributed by atoms with Crippen LogP contribution in [0.2, 0.25) is 0 Å². The lowest BCUT2D eigenvalue weighted by Crippen LogP contribution is -2.25. The van der Waals surface area contributed by atoms with Gasteiger partial charge in [-0.3, -0.25) is 4.68 Å². The maximum absolute atomic E-state index is 16.5. The maximum Gasteiger partial charge on any atom is 0.268 e. The average Bonchev–Trinajstić information content (AvgIpc) is 3.92. The molecule has 4 heterocycles. The van der Waals surface area contributed by atoms with Crippen molar-refractivity contribution in [2.24, 2.45) is 7.05 Å². The van der Waals surface area contributed by atoms with E-state index in [1.165, 1.54) is 36.5 Å². The molecule has 0 N–H and O–H groups in total. The summed E-state index contributed by atoms with van der Waals surface area (Å²) in [5.74, 6) is -0.579. The number of benzene rings is 4. The molecule has 280 valence electrons. The van der Waals surface area contributed by atoms with Crippen LogP contribution in [0.15, 0.2) is 125 Å². The Morgan fingerprint density at radius 3 is 2.44 bits per heavy atom. The fourth-order valence-electron chi connectivity index (χ4n) is 7.11. The smallest absolute Gasteiger partial charge is 0.268 e. The predicted octanol–water partition coefficient (Wildman–Crippen LogP) is 9.69. The number of aromatic nitrogens is 6. The number of hydrogen-bond acceptors (Lipinski definition) is 6. The molecule has 9 nitrogen and oxygen atoms in total. The zero-order valence-electron chi connectivity index (χ0n) is 30.5. The third kappa shape index (κ3) is 6.58. The van der Waals surface area contributed by atoms with Crippen LogP contribution in [0.1, 0.15) is 56.1 Å².